The smallest absolute Gasteiger partial charge is 0.305 e. The number of carbonyl (C=O) groups is 1. The Hall–Kier alpha value is -1.55. The molecule has 4 heteroatoms. The summed E-state index contributed by atoms with van der Waals surface area (Å²) in [5, 5.41) is 0. The van der Waals surface area contributed by atoms with E-state index in [1.165, 1.54) is 7.11 Å². The molecule has 4 nitrogen and oxygen atoms in total. The first-order valence-corrected chi connectivity index (χ1v) is 5.72. The average Bonchev–Trinajstić information content (AvgIpc) is 2.36. The van der Waals surface area contributed by atoms with E-state index in [2.05, 4.69) is 4.74 Å². The maximum absolute atomic E-state index is 11.0. The van der Waals surface area contributed by atoms with Crippen molar-refractivity contribution in [1.29, 1.82) is 0 Å². The van der Waals surface area contributed by atoms with Crippen molar-refractivity contribution in [2.24, 2.45) is 5.73 Å². The highest BCUT2D eigenvalue weighted by Crippen LogP contribution is 2.19. The van der Waals surface area contributed by atoms with Crippen LogP contribution in [0.25, 0.3) is 0 Å². The van der Waals surface area contributed by atoms with Gasteiger partial charge in [-0.1, -0.05) is 12.1 Å². The van der Waals surface area contributed by atoms with Gasteiger partial charge in [-0.3, -0.25) is 4.79 Å². The minimum absolute atomic E-state index is 0.148. The van der Waals surface area contributed by atoms with E-state index in [0.717, 1.165) is 11.3 Å². The molecule has 1 rings (SSSR count). The molecule has 0 heterocycles. The maximum Gasteiger partial charge on any atom is 0.305 e. The lowest BCUT2D eigenvalue weighted by Gasteiger charge is -2.12. The summed E-state index contributed by atoms with van der Waals surface area (Å²) in [7, 11) is 1.38. The maximum atomic E-state index is 11.0. The monoisotopic (exact) mass is 237 g/mol. The predicted octanol–water partition coefficient (Wildman–Crippen LogP) is 2.04. The van der Waals surface area contributed by atoms with Gasteiger partial charge in [-0.05, 0) is 31.0 Å². The van der Waals surface area contributed by atoms with Gasteiger partial charge in [0.05, 0.1) is 13.7 Å². The van der Waals surface area contributed by atoms with Gasteiger partial charge < -0.3 is 15.2 Å². The van der Waals surface area contributed by atoms with E-state index in [0.29, 0.717) is 19.4 Å². The predicted molar refractivity (Wildman–Crippen MR) is 65.8 cm³/mol. The van der Waals surface area contributed by atoms with Gasteiger partial charge in [-0.15, -0.1) is 0 Å². The first-order valence-electron chi connectivity index (χ1n) is 5.72. The van der Waals surface area contributed by atoms with Gasteiger partial charge in [0.15, 0.2) is 0 Å². The molecule has 17 heavy (non-hydrogen) atoms. The van der Waals surface area contributed by atoms with Crippen LogP contribution in [0.5, 0.6) is 5.75 Å². The molecule has 0 radical (unpaired) electrons. The largest absolute Gasteiger partial charge is 0.494 e. The third kappa shape index (κ3) is 4.44. The molecule has 1 unspecified atom stereocenters. The molecule has 0 bridgehead atoms. The van der Waals surface area contributed by atoms with Crippen LogP contribution >= 0.6 is 0 Å². The first-order chi connectivity index (χ1) is 8.17. The molecule has 0 saturated heterocycles. The van der Waals surface area contributed by atoms with Crippen molar-refractivity contribution in [3.8, 4) is 5.75 Å². The highest BCUT2D eigenvalue weighted by molar-refractivity contribution is 5.69. The zero-order valence-electron chi connectivity index (χ0n) is 10.3. The Morgan fingerprint density at radius 3 is 2.53 bits per heavy atom. The standard InChI is InChI=1S/C13H19NO3/c1-3-17-11-6-4-10(5-7-11)12(14)8-9-13(15)16-2/h4-7,12H,3,8-9,14H2,1-2H3. The van der Waals surface area contributed by atoms with E-state index in [1.807, 2.05) is 31.2 Å². The highest BCUT2D eigenvalue weighted by Gasteiger charge is 2.09. The van der Waals surface area contributed by atoms with Crippen LogP contribution in [0, 0.1) is 0 Å². The molecule has 0 spiro atoms. The number of hydrogen-bond donors (Lipinski definition) is 1. The van der Waals surface area contributed by atoms with E-state index in [-0.39, 0.29) is 12.0 Å². The van der Waals surface area contributed by atoms with Gasteiger partial charge in [0.2, 0.25) is 0 Å². The number of carbonyl (C=O) groups excluding carboxylic acids is 1. The number of esters is 1. The van der Waals surface area contributed by atoms with E-state index in [4.69, 9.17) is 10.5 Å². The van der Waals surface area contributed by atoms with Gasteiger partial charge in [0.1, 0.15) is 5.75 Å². The second-order valence-corrected chi connectivity index (χ2v) is 3.72. The third-order valence-electron chi connectivity index (χ3n) is 2.51. The van der Waals surface area contributed by atoms with Crippen LogP contribution in [-0.2, 0) is 9.53 Å². The quantitative estimate of drug-likeness (QED) is 0.769. The molecule has 0 amide bonds. The topological polar surface area (TPSA) is 61.5 Å². The molecule has 1 aromatic rings. The van der Waals surface area contributed by atoms with Crippen LogP contribution < -0.4 is 10.5 Å². The highest BCUT2D eigenvalue weighted by atomic mass is 16.5. The number of benzene rings is 1. The van der Waals surface area contributed by atoms with Crippen LogP contribution in [0.3, 0.4) is 0 Å². The molecule has 94 valence electrons. The Labute approximate surface area is 102 Å². The second-order valence-electron chi connectivity index (χ2n) is 3.72. The Kier molecular flexibility index (Phi) is 5.49. The average molecular weight is 237 g/mol. The lowest BCUT2D eigenvalue weighted by atomic mass is 10.0. The molecule has 0 aliphatic carbocycles. The SMILES string of the molecule is CCOc1ccc(C(N)CCC(=O)OC)cc1. The Balaban J connectivity index is 2.51. The summed E-state index contributed by atoms with van der Waals surface area (Å²) >= 11 is 0. The normalized spacial score (nSPS) is 11.9. The van der Waals surface area contributed by atoms with Crippen molar-refractivity contribution in [3.63, 3.8) is 0 Å². The van der Waals surface area contributed by atoms with Gasteiger partial charge in [-0.2, -0.15) is 0 Å². The summed E-state index contributed by atoms with van der Waals surface area (Å²) in [5.74, 6) is 0.600. The molecule has 2 N–H and O–H groups in total. The summed E-state index contributed by atoms with van der Waals surface area (Å²) in [6.07, 6.45) is 0.922. The molecule has 1 atom stereocenters. The number of nitrogens with two attached hydrogens (primary N) is 1. The van der Waals surface area contributed by atoms with E-state index < -0.39 is 0 Å². The zero-order valence-corrected chi connectivity index (χ0v) is 10.3. The minimum atomic E-state index is -0.230. The molecule has 0 saturated carbocycles. The fourth-order valence-corrected chi connectivity index (χ4v) is 1.52. The van der Waals surface area contributed by atoms with Crippen molar-refractivity contribution in [2.45, 2.75) is 25.8 Å². The molecule has 0 fully saturated rings. The van der Waals surface area contributed by atoms with Crippen LogP contribution in [0.1, 0.15) is 31.4 Å². The minimum Gasteiger partial charge on any atom is -0.494 e. The first kappa shape index (κ1) is 13.5. The molecule has 1 aromatic carbocycles. The van der Waals surface area contributed by atoms with Crippen molar-refractivity contribution in [3.05, 3.63) is 29.8 Å². The van der Waals surface area contributed by atoms with Crippen LogP contribution in [0.15, 0.2) is 24.3 Å². The van der Waals surface area contributed by atoms with Gasteiger partial charge in [0.25, 0.3) is 0 Å². The number of ether oxygens (including phenoxy) is 2. The van der Waals surface area contributed by atoms with Crippen molar-refractivity contribution in [2.75, 3.05) is 13.7 Å². The van der Waals surface area contributed by atoms with E-state index in [1.54, 1.807) is 0 Å². The van der Waals surface area contributed by atoms with E-state index in [9.17, 15) is 4.79 Å². The summed E-state index contributed by atoms with van der Waals surface area (Å²) in [4.78, 5) is 11.0. The lowest BCUT2D eigenvalue weighted by molar-refractivity contribution is -0.140. The van der Waals surface area contributed by atoms with Crippen LogP contribution in [-0.4, -0.2) is 19.7 Å². The number of methoxy groups -OCH3 is 1. The van der Waals surface area contributed by atoms with Gasteiger partial charge >= 0.3 is 5.97 Å². The lowest BCUT2D eigenvalue weighted by Crippen LogP contribution is -2.13. The fourth-order valence-electron chi connectivity index (χ4n) is 1.52. The molecular weight excluding hydrogens is 218 g/mol. The zero-order chi connectivity index (χ0) is 12.7. The summed E-state index contributed by atoms with van der Waals surface area (Å²) < 4.78 is 9.91. The number of hydrogen-bond acceptors (Lipinski definition) is 4. The molecule has 0 aliphatic rings. The Morgan fingerprint density at radius 2 is 2.00 bits per heavy atom. The van der Waals surface area contributed by atoms with Crippen LogP contribution in [0.2, 0.25) is 0 Å². The summed E-state index contributed by atoms with van der Waals surface area (Å²) in [6, 6.07) is 7.47. The van der Waals surface area contributed by atoms with Crippen molar-refractivity contribution < 1.29 is 14.3 Å². The van der Waals surface area contributed by atoms with Gasteiger partial charge in [-0.25, -0.2) is 0 Å². The summed E-state index contributed by atoms with van der Waals surface area (Å²) in [6.45, 7) is 2.59. The van der Waals surface area contributed by atoms with E-state index >= 15 is 0 Å². The molecular formula is C13H19NO3. The van der Waals surface area contributed by atoms with Gasteiger partial charge in [0, 0.05) is 12.5 Å². The van der Waals surface area contributed by atoms with Crippen molar-refractivity contribution in [1.82, 2.24) is 0 Å². The third-order valence-corrected chi connectivity index (χ3v) is 2.51. The fraction of sp³-hybridized carbons (Fsp3) is 0.462. The number of rotatable bonds is 6. The van der Waals surface area contributed by atoms with Crippen molar-refractivity contribution >= 4 is 5.97 Å². The second kappa shape index (κ2) is 6.91. The Bertz CT molecular complexity index is 348. The molecule has 0 aromatic heterocycles. The molecule has 0 aliphatic heterocycles. The van der Waals surface area contributed by atoms with Crippen LogP contribution in [0.4, 0.5) is 0 Å². The Morgan fingerprint density at radius 1 is 1.35 bits per heavy atom. The summed E-state index contributed by atoms with van der Waals surface area (Å²) in [5.41, 5.74) is 6.97.